The fourth-order valence-corrected chi connectivity index (χ4v) is 2.13. The molecule has 4 nitrogen and oxygen atoms in total. The number of nitrogens with one attached hydrogen (secondary N) is 1. The standard InChI is InChI=1S/C12H18F3N3OS/c1-8(2)18(3)6-10(19)16-5-4-11-17-9(7-20-11)12(13,14)15/h7-8H,4-6H2,1-3H3,(H,16,19). The van der Waals surface area contributed by atoms with E-state index in [0.29, 0.717) is 11.4 Å². The molecule has 8 heteroatoms. The molecular formula is C12H18F3N3OS. The van der Waals surface area contributed by atoms with Gasteiger partial charge in [0.2, 0.25) is 5.91 Å². The zero-order valence-corrected chi connectivity index (χ0v) is 12.4. The van der Waals surface area contributed by atoms with Crippen molar-refractivity contribution >= 4 is 17.2 Å². The number of halogens is 3. The smallest absolute Gasteiger partial charge is 0.355 e. The van der Waals surface area contributed by atoms with E-state index in [1.807, 2.05) is 25.8 Å². The number of nitrogens with zero attached hydrogens (tertiary/aromatic N) is 2. The Kier molecular flexibility index (Phi) is 5.94. The summed E-state index contributed by atoms with van der Waals surface area (Å²) in [5.74, 6) is -0.145. The number of hydrogen-bond donors (Lipinski definition) is 1. The van der Waals surface area contributed by atoms with Crippen LogP contribution >= 0.6 is 11.3 Å². The second-order valence-corrected chi connectivity index (χ2v) is 5.68. The molecule has 114 valence electrons. The molecule has 0 saturated carbocycles. The Labute approximate surface area is 120 Å². The van der Waals surface area contributed by atoms with Crippen LogP contribution in [-0.2, 0) is 17.4 Å². The van der Waals surface area contributed by atoms with E-state index in [1.165, 1.54) is 0 Å². The summed E-state index contributed by atoms with van der Waals surface area (Å²) in [5.41, 5.74) is -0.872. The second kappa shape index (κ2) is 7.03. The van der Waals surface area contributed by atoms with Crippen molar-refractivity contribution in [1.29, 1.82) is 0 Å². The Morgan fingerprint density at radius 2 is 2.15 bits per heavy atom. The molecule has 0 saturated heterocycles. The third kappa shape index (κ3) is 5.46. The van der Waals surface area contributed by atoms with Gasteiger partial charge in [-0.3, -0.25) is 9.69 Å². The van der Waals surface area contributed by atoms with Gasteiger partial charge in [-0.25, -0.2) is 4.98 Å². The van der Waals surface area contributed by atoms with Gasteiger partial charge in [0.25, 0.3) is 0 Å². The van der Waals surface area contributed by atoms with Crippen molar-refractivity contribution in [2.75, 3.05) is 20.1 Å². The highest BCUT2D eigenvalue weighted by molar-refractivity contribution is 7.09. The molecule has 1 rings (SSSR count). The molecule has 0 unspecified atom stereocenters. The van der Waals surface area contributed by atoms with Crippen LogP contribution in [0.15, 0.2) is 5.38 Å². The number of hydrogen-bond acceptors (Lipinski definition) is 4. The van der Waals surface area contributed by atoms with Crippen LogP contribution in [0, 0.1) is 0 Å². The van der Waals surface area contributed by atoms with Crippen molar-refractivity contribution in [3.05, 3.63) is 16.1 Å². The Bertz CT molecular complexity index is 445. The quantitative estimate of drug-likeness (QED) is 0.876. The number of amides is 1. The predicted molar refractivity (Wildman–Crippen MR) is 71.6 cm³/mol. The summed E-state index contributed by atoms with van der Waals surface area (Å²) in [6.07, 6.45) is -4.10. The van der Waals surface area contributed by atoms with Crippen molar-refractivity contribution in [2.45, 2.75) is 32.5 Å². The molecule has 0 aliphatic rings. The van der Waals surface area contributed by atoms with E-state index in [4.69, 9.17) is 0 Å². The van der Waals surface area contributed by atoms with E-state index >= 15 is 0 Å². The molecule has 0 bridgehead atoms. The first-order valence-electron chi connectivity index (χ1n) is 6.18. The zero-order chi connectivity index (χ0) is 15.3. The highest BCUT2D eigenvalue weighted by atomic mass is 32.1. The van der Waals surface area contributed by atoms with Crippen LogP contribution in [0.4, 0.5) is 13.2 Å². The minimum atomic E-state index is -4.40. The Balaban J connectivity index is 2.34. The molecular weight excluding hydrogens is 291 g/mol. The summed E-state index contributed by atoms with van der Waals surface area (Å²) in [4.78, 5) is 16.9. The lowest BCUT2D eigenvalue weighted by Gasteiger charge is -2.19. The molecule has 1 aromatic heterocycles. The minimum Gasteiger partial charge on any atom is -0.355 e. The summed E-state index contributed by atoms with van der Waals surface area (Å²) in [5, 5.41) is 4.03. The van der Waals surface area contributed by atoms with E-state index in [0.717, 1.165) is 16.7 Å². The van der Waals surface area contributed by atoms with Gasteiger partial charge in [0.1, 0.15) is 0 Å². The fraction of sp³-hybridized carbons (Fsp3) is 0.667. The van der Waals surface area contributed by atoms with Crippen molar-refractivity contribution in [3.8, 4) is 0 Å². The van der Waals surface area contributed by atoms with Crippen LogP contribution in [0.25, 0.3) is 0 Å². The topological polar surface area (TPSA) is 45.2 Å². The van der Waals surface area contributed by atoms with Crippen LogP contribution in [0.3, 0.4) is 0 Å². The van der Waals surface area contributed by atoms with Crippen LogP contribution in [0.2, 0.25) is 0 Å². The van der Waals surface area contributed by atoms with Gasteiger partial charge >= 0.3 is 6.18 Å². The molecule has 1 N–H and O–H groups in total. The average molecular weight is 309 g/mol. The average Bonchev–Trinajstić information content (AvgIpc) is 2.77. The molecule has 0 atom stereocenters. The predicted octanol–water partition coefficient (Wildman–Crippen LogP) is 2.16. The zero-order valence-electron chi connectivity index (χ0n) is 11.6. The molecule has 20 heavy (non-hydrogen) atoms. The van der Waals surface area contributed by atoms with Gasteiger partial charge in [-0.2, -0.15) is 13.2 Å². The van der Waals surface area contributed by atoms with Gasteiger partial charge in [0.05, 0.1) is 11.6 Å². The van der Waals surface area contributed by atoms with Crippen LogP contribution < -0.4 is 5.32 Å². The third-order valence-corrected chi connectivity index (χ3v) is 3.69. The lowest BCUT2D eigenvalue weighted by atomic mass is 10.3. The van der Waals surface area contributed by atoms with E-state index in [1.54, 1.807) is 0 Å². The Hall–Kier alpha value is -1.15. The van der Waals surface area contributed by atoms with Gasteiger partial charge < -0.3 is 5.32 Å². The lowest BCUT2D eigenvalue weighted by Crippen LogP contribution is -2.39. The highest BCUT2D eigenvalue weighted by Gasteiger charge is 2.33. The molecule has 1 aromatic rings. The maximum Gasteiger partial charge on any atom is 0.434 e. The summed E-state index contributed by atoms with van der Waals surface area (Å²) in [6, 6.07) is 0.258. The molecule has 0 aromatic carbocycles. The number of aromatic nitrogens is 1. The van der Waals surface area contributed by atoms with Crippen molar-refractivity contribution in [1.82, 2.24) is 15.2 Å². The molecule has 0 aliphatic carbocycles. The maximum atomic E-state index is 12.3. The van der Waals surface area contributed by atoms with Gasteiger partial charge in [-0.15, -0.1) is 11.3 Å². The normalized spacial score (nSPS) is 12.2. The molecule has 0 radical (unpaired) electrons. The van der Waals surface area contributed by atoms with E-state index in [2.05, 4.69) is 10.3 Å². The molecule has 1 heterocycles. The van der Waals surface area contributed by atoms with Crippen molar-refractivity contribution < 1.29 is 18.0 Å². The highest BCUT2D eigenvalue weighted by Crippen LogP contribution is 2.29. The second-order valence-electron chi connectivity index (χ2n) is 4.73. The van der Waals surface area contributed by atoms with Crippen LogP contribution in [0.5, 0.6) is 0 Å². The first-order valence-corrected chi connectivity index (χ1v) is 7.06. The Morgan fingerprint density at radius 1 is 1.50 bits per heavy atom. The van der Waals surface area contributed by atoms with Gasteiger partial charge in [-0.1, -0.05) is 0 Å². The van der Waals surface area contributed by atoms with E-state index < -0.39 is 11.9 Å². The molecule has 0 spiro atoms. The first-order chi connectivity index (χ1) is 9.20. The summed E-state index contributed by atoms with van der Waals surface area (Å²) >= 11 is 0.954. The van der Waals surface area contributed by atoms with Gasteiger partial charge in [-0.05, 0) is 20.9 Å². The molecule has 0 fully saturated rings. The summed E-state index contributed by atoms with van der Waals surface area (Å²) in [7, 11) is 1.83. The number of rotatable bonds is 6. The largest absolute Gasteiger partial charge is 0.434 e. The monoisotopic (exact) mass is 309 g/mol. The number of alkyl halides is 3. The first kappa shape index (κ1) is 16.9. The number of thiazole rings is 1. The minimum absolute atomic E-state index is 0.145. The van der Waals surface area contributed by atoms with Crippen molar-refractivity contribution in [2.24, 2.45) is 0 Å². The molecule has 0 aliphatic heterocycles. The van der Waals surface area contributed by atoms with Crippen LogP contribution in [0.1, 0.15) is 24.5 Å². The van der Waals surface area contributed by atoms with Crippen molar-refractivity contribution in [3.63, 3.8) is 0 Å². The van der Waals surface area contributed by atoms with Crippen LogP contribution in [-0.4, -0.2) is 42.0 Å². The SMILES string of the molecule is CC(C)N(C)CC(=O)NCCc1nc(C(F)(F)F)cs1. The summed E-state index contributed by atoms with van der Waals surface area (Å²) < 4.78 is 37.0. The Morgan fingerprint density at radius 3 is 2.65 bits per heavy atom. The van der Waals surface area contributed by atoms with E-state index in [9.17, 15) is 18.0 Å². The number of carbonyl (C=O) groups excluding carboxylic acids is 1. The lowest BCUT2D eigenvalue weighted by molar-refractivity contribution is -0.140. The number of likely N-dealkylation sites (N-methyl/N-ethyl adjacent to an activating group) is 1. The number of carbonyl (C=O) groups is 1. The van der Waals surface area contributed by atoms with E-state index in [-0.39, 0.29) is 25.0 Å². The maximum absolute atomic E-state index is 12.3. The van der Waals surface area contributed by atoms with Gasteiger partial charge in [0, 0.05) is 24.4 Å². The summed E-state index contributed by atoms with van der Waals surface area (Å²) in [6.45, 7) is 4.50. The third-order valence-electron chi connectivity index (χ3n) is 2.78. The fourth-order valence-electron chi connectivity index (χ4n) is 1.33. The molecule has 1 amide bonds. The van der Waals surface area contributed by atoms with Gasteiger partial charge in [0.15, 0.2) is 5.69 Å².